The highest BCUT2D eigenvalue weighted by Crippen LogP contribution is 2.22. The Morgan fingerprint density at radius 1 is 1.15 bits per heavy atom. The molecular weight excluding hydrogens is 340 g/mol. The molecule has 0 radical (unpaired) electrons. The Kier molecular flexibility index (Phi) is 24.2. The van der Waals surface area contributed by atoms with Gasteiger partial charge in [0.15, 0.2) is 0 Å². The lowest BCUT2D eigenvalue weighted by atomic mass is 9.97. The Morgan fingerprint density at radius 2 is 1.74 bits per heavy atom. The van der Waals surface area contributed by atoms with E-state index in [1.807, 2.05) is 54.5 Å². The third kappa shape index (κ3) is 13.8. The van der Waals surface area contributed by atoms with E-state index in [2.05, 4.69) is 16.8 Å². The summed E-state index contributed by atoms with van der Waals surface area (Å²) >= 11 is 0. The Hall–Kier alpha value is -2.04. The normalized spacial score (nSPS) is 15.8. The van der Waals surface area contributed by atoms with Crippen LogP contribution in [0.3, 0.4) is 0 Å². The van der Waals surface area contributed by atoms with Crippen molar-refractivity contribution < 1.29 is 14.3 Å². The topological polar surface area (TPSA) is 58.6 Å². The number of hydrogen-bond acceptors (Lipinski definition) is 4. The number of likely N-dealkylation sites (tertiary alicyclic amines) is 1. The molecule has 27 heavy (non-hydrogen) atoms. The number of rotatable bonds is 6. The average Bonchev–Trinajstić information content (AvgIpc) is 2.75. The fourth-order valence-corrected chi connectivity index (χ4v) is 2.30. The fraction of sp³-hybridized carbons (Fsp3) is 0.636. The minimum atomic E-state index is -0.163. The van der Waals surface area contributed by atoms with Crippen LogP contribution in [0, 0.1) is 5.92 Å². The van der Waals surface area contributed by atoms with Gasteiger partial charge in [-0.1, -0.05) is 54.2 Å². The van der Waals surface area contributed by atoms with Gasteiger partial charge in [-0.15, -0.1) is 0 Å². The van der Waals surface area contributed by atoms with Gasteiger partial charge in [0.2, 0.25) is 5.91 Å². The number of likely N-dealkylation sites (N-methyl/N-ethyl adjacent to an activating group) is 1. The average molecular weight is 383 g/mol. The number of carbonyl (C=O) groups excluding carboxylic acids is 2. The first-order valence-corrected chi connectivity index (χ1v) is 10.3. The summed E-state index contributed by atoms with van der Waals surface area (Å²) < 4.78 is 5.10. The maximum atomic E-state index is 11.9. The molecule has 5 heteroatoms. The number of esters is 1. The summed E-state index contributed by atoms with van der Waals surface area (Å²) in [6.45, 7) is 19.4. The van der Waals surface area contributed by atoms with Crippen molar-refractivity contribution in [1.29, 1.82) is 0 Å². The van der Waals surface area contributed by atoms with E-state index in [4.69, 9.17) is 4.74 Å². The van der Waals surface area contributed by atoms with Gasteiger partial charge >= 0.3 is 5.97 Å². The third-order valence-electron chi connectivity index (χ3n) is 3.35. The molecule has 1 amide bonds. The van der Waals surface area contributed by atoms with Crippen LogP contribution in [0.1, 0.15) is 61.3 Å². The zero-order valence-corrected chi connectivity index (χ0v) is 18.8. The summed E-state index contributed by atoms with van der Waals surface area (Å²) in [5, 5.41) is 2.54. The van der Waals surface area contributed by atoms with Crippen molar-refractivity contribution in [3.63, 3.8) is 0 Å². The highest BCUT2D eigenvalue weighted by molar-refractivity contribution is 5.87. The summed E-state index contributed by atoms with van der Waals surface area (Å²) in [6, 6.07) is 0. The lowest BCUT2D eigenvalue weighted by Crippen LogP contribution is -2.38. The minimum Gasteiger partial charge on any atom is -0.466 e. The van der Waals surface area contributed by atoms with Gasteiger partial charge in [-0.3, -0.25) is 9.59 Å². The molecule has 0 aliphatic carbocycles. The molecule has 0 bridgehead atoms. The number of nitrogens with one attached hydrogen (secondary N) is 1. The van der Waals surface area contributed by atoms with Crippen molar-refractivity contribution in [1.82, 2.24) is 10.2 Å². The van der Waals surface area contributed by atoms with Crippen LogP contribution in [-0.2, 0) is 14.3 Å². The van der Waals surface area contributed by atoms with E-state index in [9.17, 15) is 9.59 Å². The molecule has 0 aromatic carbocycles. The second-order valence-corrected chi connectivity index (χ2v) is 4.81. The van der Waals surface area contributed by atoms with Gasteiger partial charge in [0.05, 0.1) is 12.5 Å². The third-order valence-corrected chi connectivity index (χ3v) is 3.35. The maximum Gasteiger partial charge on any atom is 0.310 e. The number of nitrogens with zero attached hydrogens (tertiary/aromatic N) is 1. The van der Waals surface area contributed by atoms with Crippen LogP contribution in [0.25, 0.3) is 0 Å². The van der Waals surface area contributed by atoms with E-state index in [1.54, 1.807) is 19.2 Å². The van der Waals surface area contributed by atoms with E-state index in [0.29, 0.717) is 13.2 Å². The molecule has 1 atom stereocenters. The molecule has 0 aromatic heterocycles. The van der Waals surface area contributed by atoms with Gasteiger partial charge in [-0.25, -0.2) is 0 Å². The lowest BCUT2D eigenvalue weighted by Gasteiger charge is -2.33. The van der Waals surface area contributed by atoms with Gasteiger partial charge in [0.25, 0.3) is 0 Å². The van der Waals surface area contributed by atoms with Crippen LogP contribution in [0.2, 0.25) is 0 Å². The molecule has 1 aliphatic heterocycles. The van der Waals surface area contributed by atoms with E-state index >= 15 is 0 Å². The zero-order valence-electron chi connectivity index (χ0n) is 18.8. The van der Waals surface area contributed by atoms with Gasteiger partial charge in [0.1, 0.15) is 0 Å². The van der Waals surface area contributed by atoms with Crippen molar-refractivity contribution in [3.8, 4) is 0 Å². The smallest absolute Gasteiger partial charge is 0.310 e. The van der Waals surface area contributed by atoms with Crippen molar-refractivity contribution >= 4 is 11.9 Å². The van der Waals surface area contributed by atoms with Crippen molar-refractivity contribution in [2.75, 3.05) is 26.7 Å². The van der Waals surface area contributed by atoms with E-state index in [0.717, 1.165) is 25.1 Å². The Bertz CT molecular complexity index is 443. The Labute approximate surface area is 167 Å². The summed E-state index contributed by atoms with van der Waals surface area (Å²) in [7, 11) is 1.58. The summed E-state index contributed by atoms with van der Waals surface area (Å²) in [5.41, 5.74) is 0.877. The number of piperidine rings is 1. The molecule has 1 heterocycles. The zero-order chi connectivity index (χ0) is 21.7. The van der Waals surface area contributed by atoms with E-state index < -0.39 is 0 Å². The molecular formula is C22H42N2O3. The second kappa shape index (κ2) is 22.0. The van der Waals surface area contributed by atoms with Gasteiger partial charge < -0.3 is 15.0 Å². The fourth-order valence-electron chi connectivity index (χ4n) is 2.30. The van der Waals surface area contributed by atoms with Crippen LogP contribution >= 0.6 is 0 Å². The van der Waals surface area contributed by atoms with Gasteiger partial charge in [-0.2, -0.15) is 0 Å². The van der Waals surface area contributed by atoms with Gasteiger partial charge in [-0.05, 0) is 31.9 Å². The van der Waals surface area contributed by atoms with E-state index in [1.165, 1.54) is 6.08 Å². The van der Waals surface area contributed by atoms with Crippen LogP contribution in [0.5, 0.6) is 0 Å². The number of ether oxygens (including phenoxy) is 1. The molecule has 1 N–H and O–H groups in total. The minimum absolute atomic E-state index is 0.111. The quantitative estimate of drug-likeness (QED) is 0.410. The second-order valence-electron chi connectivity index (χ2n) is 4.81. The molecule has 0 saturated carbocycles. The largest absolute Gasteiger partial charge is 0.466 e. The predicted octanol–water partition coefficient (Wildman–Crippen LogP) is 4.71. The highest BCUT2D eigenvalue weighted by Gasteiger charge is 2.27. The maximum absolute atomic E-state index is 11.9. The molecule has 158 valence electrons. The van der Waals surface area contributed by atoms with Crippen LogP contribution < -0.4 is 5.32 Å². The van der Waals surface area contributed by atoms with Crippen LogP contribution in [-0.4, -0.2) is 43.5 Å². The standard InChI is InChI=1S/C16H24N2O3.3C2H6/c1-4-7-14(9-10-15(19)17-3)18-11-6-8-13(12-18)16(20)21-5-2;3*1-2/h4,7,9-10,13H,1,5-6,8,11-12H2,2-3H3,(H,17,19);3*1-2H3/b10-9+,14-7+;;;. The summed E-state index contributed by atoms with van der Waals surface area (Å²) in [6.07, 6.45) is 8.50. The molecule has 1 aliphatic rings. The monoisotopic (exact) mass is 382 g/mol. The molecule has 1 fully saturated rings. The molecule has 1 unspecified atom stereocenters. The Morgan fingerprint density at radius 3 is 2.22 bits per heavy atom. The van der Waals surface area contributed by atoms with Crippen LogP contribution in [0.15, 0.2) is 36.6 Å². The molecule has 1 saturated heterocycles. The predicted molar refractivity (Wildman–Crippen MR) is 116 cm³/mol. The number of hydrogen-bond donors (Lipinski definition) is 1. The molecule has 5 nitrogen and oxygen atoms in total. The molecule has 1 rings (SSSR count). The summed E-state index contributed by atoms with van der Waals surface area (Å²) in [5.74, 6) is -0.417. The lowest BCUT2D eigenvalue weighted by molar-refractivity contribution is -0.149. The highest BCUT2D eigenvalue weighted by atomic mass is 16.5. The first-order valence-electron chi connectivity index (χ1n) is 10.3. The van der Waals surface area contributed by atoms with Crippen molar-refractivity contribution in [3.05, 3.63) is 36.6 Å². The van der Waals surface area contributed by atoms with E-state index in [-0.39, 0.29) is 17.8 Å². The van der Waals surface area contributed by atoms with Gasteiger partial charge in [0, 0.05) is 31.9 Å². The number of allylic oxidation sites excluding steroid dienone is 3. The number of amides is 1. The Balaban J connectivity index is -0.000000869. The summed E-state index contributed by atoms with van der Waals surface area (Å²) in [4.78, 5) is 25.3. The SMILES string of the molecule is C=C/C=C(\C=C\C(=O)NC)N1CCCC(C(=O)OCC)C1.CC.CC.CC. The molecule has 0 aromatic rings. The van der Waals surface area contributed by atoms with Crippen molar-refractivity contribution in [2.45, 2.75) is 61.3 Å². The number of carbonyl (C=O) groups is 2. The molecule has 0 spiro atoms. The first kappa shape index (κ1) is 29.7. The van der Waals surface area contributed by atoms with Crippen molar-refractivity contribution in [2.24, 2.45) is 5.92 Å². The van der Waals surface area contributed by atoms with Crippen LogP contribution in [0.4, 0.5) is 0 Å². The first-order chi connectivity index (χ1) is 13.1.